The van der Waals surface area contributed by atoms with E-state index in [-0.39, 0.29) is 16.9 Å². The van der Waals surface area contributed by atoms with E-state index in [1.807, 2.05) is 5.32 Å². The first-order valence-electron chi connectivity index (χ1n) is 7.92. The molecule has 1 aliphatic heterocycles. The van der Waals surface area contributed by atoms with Crippen LogP contribution in [-0.4, -0.2) is 48.0 Å². The SMILES string of the molecule is CCN(CC)CCOc1ccc([N+](=O)[O-])c(C=C2NC(=O)NC2=O)c1. The molecule has 1 fully saturated rings. The molecule has 1 heterocycles. The quantitative estimate of drug-likeness (QED) is 0.318. The maximum atomic E-state index is 11.6. The number of nitro groups is 1. The summed E-state index contributed by atoms with van der Waals surface area (Å²) < 4.78 is 5.65. The number of nitro benzene ring substituents is 1. The van der Waals surface area contributed by atoms with Gasteiger partial charge in [0.15, 0.2) is 0 Å². The minimum absolute atomic E-state index is 0.0478. The molecule has 0 spiro atoms. The maximum absolute atomic E-state index is 11.6. The highest BCUT2D eigenvalue weighted by atomic mass is 16.6. The first-order valence-corrected chi connectivity index (χ1v) is 7.92. The molecule has 2 rings (SSSR count). The molecule has 0 saturated carbocycles. The van der Waals surface area contributed by atoms with Gasteiger partial charge in [-0.25, -0.2) is 4.79 Å². The highest BCUT2D eigenvalue weighted by molar-refractivity contribution is 6.14. The van der Waals surface area contributed by atoms with E-state index in [1.54, 1.807) is 0 Å². The fourth-order valence-corrected chi connectivity index (χ4v) is 2.37. The molecule has 1 aromatic rings. The summed E-state index contributed by atoms with van der Waals surface area (Å²) in [5.41, 5.74) is -0.0522. The standard InChI is InChI=1S/C16H20N4O5/c1-3-19(4-2)7-8-25-12-5-6-14(20(23)24)11(9-12)10-13-15(21)18-16(22)17-13/h5-6,9-10H,3-4,7-8H2,1-2H3,(H2,17,18,21,22). The van der Waals surface area contributed by atoms with Crippen molar-refractivity contribution in [3.8, 4) is 5.75 Å². The van der Waals surface area contributed by atoms with Gasteiger partial charge >= 0.3 is 6.03 Å². The average Bonchev–Trinajstić information content (AvgIpc) is 2.89. The van der Waals surface area contributed by atoms with Crippen molar-refractivity contribution >= 4 is 23.7 Å². The van der Waals surface area contributed by atoms with Crippen LogP contribution in [0.25, 0.3) is 6.08 Å². The molecule has 0 radical (unpaired) electrons. The van der Waals surface area contributed by atoms with Crippen LogP contribution >= 0.6 is 0 Å². The van der Waals surface area contributed by atoms with Gasteiger partial charge in [-0.15, -0.1) is 0 Å². The number of ether oxygens (including phenoxy) is 1. The van der Waals surface area contributed by atoms with Gasteiger partial charge in [0.05, 0.1) is 10.5 Å². The van der Waals surface area contributed by atoms with Crippen LogP contribution in [-0.2, 0) is 4.79 Å². The second-order valence-corrected chi connectivity index (χ2v) is 5.32. The highest BCUT2D eigenvalue weighted by Crippen LogP contribution is 2.26. The molecule has 134 valence electrons. The number of rotatable bonds is 8. The molecule has 1 aliphatic rings. The first-order chi connectivity index (χ1) is 11.9. The van der Waals surface area contributed by atoms with Crippen molar-refractivity contribution in [2.45, 2.75) is 13.8 Å². The number of hydrogen-bond acceptors (Lipinski definition) is 6. The lowest BCUT2D eigenvalue weighted by Crippen LogP contribution is -2.27. The van der Waals surface area contributed by atoms with E-state index < -0.39 is 16.9 Å². The number of hydrogen-bond donors (Lipinski definition) is 2. The zero-order chi connectivity index (χ0) is 18.4. The van der Waals surface area contributed by atoms with Crippen LogP contribution in [0.4, 0.5) is 10.5 Å². The molecule has 1 saturated heterocycles. The van der Waals surface area contributed by atoms with E-state index in [0.29, 0.717) is 12.4 Å². The number of urea groups is 1. The van der Waals surface area contributed by atoms with Crippen molar-refractivity contribution in [2.75, 3.05) is 26.2 Å². The third-order valence-corrected chi connectivity index (χ3v) is 3.79. The molecular formula is C16H20N4O5. The molecule has 3 amide bonds. The second kappa shape index (κ2) is 8.25. The zero-order valence-corrected chi connectivity index (χ0v) is 14.1. The lowest BCUT2D eigenvalue weighted by molar-refractivity contribution is -0.385. The van der Waals surface area contributed by atoms with Gasteiger partial charge in [0.1, 0.15) is 18.1 Å². The normalized spacial score (nSPS) is 15.4. The summed E-state index contributed by atoms with van der Waals surface area (Å²) >= 11 is 0. The molecular weight excluding hydrogens is 328 g/mol. The van der Waals surface area contributed by atoms with Gasteiger partial charge < -0.3 is 15.0 Å². The van der Waals surface area contributed by atoms with Crippen LogP contribution < -0.4 is 15.4 Å². The minimum atomic E-state index is -0.662. The predicted molar refractivity (Wildman–Crippen MR) is 91.0 cm³/mol. The summed E-state index contributed by atoms with van der Waals surface area (Å²) in [7, 11) is 0. The molecule has 9 nitrogen and oxygen atoms in total. The number of carbonyl (C=O) groups excluding carboxylic acids is 2. The molecule has 9 heteroatoms. The smallest absolute Gasteiger partial charge is 0.326 e. The Bertz CT molecular complexity index is 712. The summed E-state index contributed by atoms with van der Waals surface area (Å²) in [6.45, 7) is 7.10. The van der Waals surface area contributed by atoms with Crippen molar-refractivity contribution in [3.63, 3.8) is 0 Å². The van der Waals surface area contributed by atoms with Crippen molar-refractivity contribution in [1.29, 1.82) is 0 Å². The Balaban J connectivity index is 2.19. The fourth-order valence-electron chi connectivity index (χ4n) is 2.37. The average molecular weight is 348 g/mol. The van der Waals surface area contributed by atoms with Crippen LogP contribution in [0.3, 0.4) is 0 Å². The third-order valence-electron chi connectivity index (χ3n) is 3.79. The predicted octanol–water partition coefficient (Wildman–Crippen LogP) is 1.50. The van der Waals surface area contributed by atoms with Gasteiger partial charge in [0, 0.05) is 12.6 Å². The van der Waals surface area contributed by atoms with Gasteiger partial charge in [0.25, 0.3) is 11.6 Å². The lowest BCUT2D eigenvalue weighted by Gasteiger charge is -2.18. The minimum Gasteiger partial charge on any atom is -0.492 e. The number of nitrogens with one attached hydrogen (secondary N) is 2. The number of imide groups is 1. The summed E-state index contributed by atoms with van der Waals surface area (Å²) in [5, 5.41) is 15.5. The maximum Gasteiger partial charge on any atom is 0.326 e. The topological polar surface area (TPSA) is 114 Å². The summed E-state index contributed by atoms with van der Waals surface area (Å²) in [6.07, 6.45) is 1.26. The second-order valence-electron chi connectivity index (χ2n) is 5.32. The van der Waals surface area contributed by atoms with Gasteiger partial charge in [-0.3, -0.25) is 20.2 Å². The van der Waals surface area contributed by atoms with E-state index in [1.165, 1.54) is 24.3 Å². The Labute approximate surface area is 144 Å². The molecule has 0 bridgehead atoms. The molecule has 0 atom stereocenters. The molecule has 25 heavy (non-hydrogen) atoms. The Hall–Kier alpha value is -2.94. The van der Waals surface area contributed by atoms with Gasteiger partial charge in [0.2, 0.25) is 0 Å². The van der Waals surface area contributed by atoms with Crippen molar-refractivity contribution in [2.24, 2.45) is 0 Å². The monoisotopic (exact) mass is 348 g/mol. The van der Waals surface area contributed by atoms with Crippen molar-refractivity contribution in [3.05, 3.63) is 39.6 Å². The summed E-state index contributed by atoms with van der Waals surface area (Å²) in [6, 6.07) is 3.64. The van der Waals surface area contributed by atoms with Crippen LogP contribution in [0.5, 0.6) is 5.75 Å². The van der Waals surface area contributed by atoms with Crippen molar-refractivity contribution in [1.82, 2.24) is 15.5 Å². The number of amides is 3. The van der Waals surface area contributed by atoms with Gasteiger partial charge in [-0.2, -0.15) is 0 Å². The van der Waals surface area contributed by atoms with E-state index in [0.717, 1.165) is 19.6 Å². The number of benzene rings is 1. The van der Waals surface area contributed by atoms with E-state index in [4.69, 9.17) is 4.74 Å². The molecule has 0 aliphatic carbocycles. The lowest BCUT2D eigenvalue weighted by atomic mass is 10.1. The number of likely N-dealkylation sites (N-methyl/N-ethyl adjacent to an activating group) is 1. The molecule has 0 unspecified atom stereocenters. The summed E-state index contributed by atoms with van der Waals surface area (Å²) in [4.78, 5) is 35.6. The Morgan fingerprint density at radius 1 is 1.24 bits per heavy atom. The first kappa shape index (κ1) is 18.4. The fraction of sp³-hybridized carbons (Fsp3) is 0.375. The Morgan fingerprint density at radius 3 is 2.52 bits per heavy atom. The largest absolute Gasteiger partial charge is 0.492 e. The summed E-state index contributed by atoms with van der Waals surface area (Å²) in [5.74, 6) is -0.179. The van der Waals surface area contributed by atoms with Gasteiger partial charge in [-0.05, 0) is 31.3 Å². The third kappa shape index (κ3) is 4.77. The van der Waals surface area contributed by atoms with E-state index >= 15 is 0 Å². The Kier molecular flexibility index (Phi) is 6.07. The molecule has 2 N–H and O–H groups in total. The van der Waals surface area contributed by atoms with Crippen molar-refractivity contribution < 1.29 is 19.2 Å². The highest BCUT2D eigenvalue weighted by Gasteiger charge is 2.24. The van der Waals surface area contributed by atoms with Gasteiger partial charge in [-0.1, -0.05) is 13.8 Å². The Morgan fingerprint density at radius 2 is 1.96 bits per heavy atom. The van der Waals surface area contributed by atoms with Crippen LogP contribution in [0.2, 0.25) is 0 Å². The molecule has 0 aromatic heterocycles. The number of carbonyl (C=O) groups is 2. The number of nitrogens with zero attached hydrogens (tertiary/aromatic N) is 2. The van der Waals surface area contributed by atoms with Crippen LogP contribution in [0.15, 0.2) is 23.9 Å². The van der Waals surface area contributed by atoms with E-state index in [2.05, 4.69) is 24.1 Å². The van der Waals surface area contributed by atoms with E-state index in [9.17, 15) is 19.7 Å². The van der Waals surface area contributed by atoms with Crippen LogP contribution in [0, 0.1) is 10.1 Å². The zero-order valence-electron chi connectivity index (χ0n) is 14.1. The van der Waals surface area contributed by atoms with Crippen LogP contribution in [0.1, 0.15) is 19.4 Å². The molecule has 1 aromatic carbocycles.